The van der Waals surface area contributed by atoms with Gasteiger partial charge in [-0.2, -0.15) is 5.10 Å². The number of nitrogens with one attached hydrogen (secondary N) is 1. The number of methoxy groups -OCH3 is 1. The smallest absolute Gasteiger partial charge is 0.271 e. The van der Waals surface area contributed by atoms with Crippen molar-refractivity contribution >= 4 is 5.91 Å². The first kappa shape index (κ1) is 17.2. The molecule has 0 saturated carbocycles. The fourth-order valence-electron chi connectivity index (χ4n) is 2.91. The molecular weight excluding hydrogens is 290 g/mol. The largest absolute Gasteiger partial charge is 0.385 e. The van der Waals surface area contributed by atoms with Crippen molar-refractivity contribution in [2.75, 3.05) is 20.3 Å². The fraction of sp³-hybridized carbons (Fsp3) is 0.444. The third-order valence-corrected chi connectivity index (χ3v) is 3.86. The molecule has 124 valence electrons. The Hall–Kier alpha value is -2.14. The molecule has 0 fully saturated rings. The Bertz CT molecular complexity index is 681. The highest BCUT2D eigenvalue weighted by Gasteiger charge is 2.16. The molecule has 2 rings (SSSR count). The van der Waals surface area contributed by atoms with E-state index in [9.17, 15) is 4.79 Å². The number of aromatic nitrogens is 2. The molecule has 0 aliphatic carbocycles. The minimum Gasteiger partial charge on any atom is -0.385 e. The highest BCUT2D eigenvalue weighted by molar-refractivity contribution is 5.93. The lowest BCUT2D eigenvalue weighted by atomic mass is 9.97. The molecule has 0 aliphatic rings. The van der Waals surface area contributed by atoms with Crippen LogP contribution < -0.4 is 5.32 Å². The molecule has 1 amide bonds. The number of benzene rings is 1. The maximum absolute atomic E-state index is 12.2. The first-order chi connectivity index (χ1) is 10.9. The number of aryl methyl sites for hydroxylation is 4. The maximum atomic E-state index is 12.2. The molecule has 0 bridgehead atoms. The standard InChI is InChI=1S/C18H25N3O2/c1-12-9-13(2)17(14(3)10-12)16-11-15(20-21(16)4)18(22)19-7-6-8-23-5/h9-11H,6-8H2,1-5H3,(H,19,22). The van der Waals surface area contributed by atoms with Gasteiger partial charge in [-0.1, -0.05) is 17.7 Å². The van der Waals surface area contributed by atoms with E-state index in [1.54, 1.807) is 11.8 Å². The second kappa shape index (κ2) is 7.42. The molecule has 1 heterocycles. The van der Waals surface area contributed by atoms with E-state index in [2.05, 4.69) is 43.3 Å². The summed E-state index contributed by atoms with van der Waals surface area (Å²) in [4.78, 5) is 12.2. The minimum atomic E-state index is -0.148. The summed E-state index contributed by atoms with van der Waals surface area (Å²) in [7, 11) is 3.52. The lowest BCUT2D eigenvalue weighted by Gasteiger charge is -2.11. The van der Waals surface area contributed by atoms with Gasteiger partial charge in [0, 0.05) is 32.9 Å². The summed E-state index contributed by atoms with van der Waals surface area (Å²) < 4.78 is 6.75. The number of hydrogen-bond acceptors (Lipinski definition) is 3. The Morgan fingerprint density at radius 1 is 1.22 bits per heavy atom. The van der Waals surface area contributed by atoms with Gasteiger partial charge in [0.1, 0.15) is 0 Å². The predicted octanol–water partition coefficient (Wildman–Crippen LogP) is 2.78. The molecule has 0 saturated heterocycles. The summed E-state index contributed by atoms with van der Waals surface area (Å²) in [5, 5.41) is 7.23. The second-order valence-corrected chi connectivity index (χ2v) is 5.91. The van der Waals surface area contributed by atoms with Crippen LogP contribution in [0, 0.1) is 20.8 Å². The van der Waals surface area contributed by atoms with E-state index >= 15 is 0 Å². The Balaban J connectivity index is 2.23. The van der Waals surface area contributed by atoms with Gasteiger partial charge in [0.15, 0.2) is 5.69 Å². The molecule has 1 aromatic heterocycles. The van der Waals surface area contributed by atoms with Crippen LogP contribution in [-0.2, 0) is 11.8 Å². The minimum absolute atomic E-state index is 0.148. The summed E-state index contributed by atoms with van der Waals surface area (Å²) in [5.41, 5.74) is 6.17. The van der Waals surface area contributed by atoms with Gasteiger partial charge in [0.05, 0.1) is 5.69 Å². The highest BCUT2D eigenvalue weighted by Crippen LogP contribution is 2.28. The number of carbonyl (C=O) groups excluding carboxylic acids is 1. The number of nitrogens with zero attached hydrogens (tertiary/aromatic N) is 2. The average molecular weight is 315 g/mol. The predicted molar refractivity (Wildman–Crippen MR) is 91.7 cm³/mol. The van der Waals surface area contributed by atoms with E-state index in [-0.39, 0.29) is 5.91 Å². The molecular formula is C18H25N3O2. The Labute approximate surface area is 137 Å². The number of rotatable bonds is 6. The summed E-state index contributed by atoms with van der Waals surface area (Å²) in [6, 6.07) is 6.16. The van der Waals surface area contributed by atoms with Crippen LogP contribution in [0.2, 0.25) is 0 Å². The molecule has 1 aromatic carbocycles. The van der Waals surface area contributed by atoms with Crippen LogP contribution in [0.25, 0.3) is 11.3 Å². The fourth-order valence-corrected chi connectivity index (χ4v) is 2.91. The monoisotopic (exact) mass is 315 g/mol. The first-order valence-corrected chi connectivity index (χ1v) is 7.83. The lowest BCUT2D eigenvalue weighted by molar-refractivity contribution is 0.0943. The number of ether oxygens (including phenoxy) is 1. The van der Waals surface area contributed by atoms with Gasteiger partial charge in [0.25, 0.3) is 5.91 Å². The van der Waals surface area contributed by atoms with E-state index in [0.717, 1.165) is 17.7 Å². The van der Waals surface area contributed by atoms with Crippen molar-refractivity contribution in [3.8, 4) is 11.3 Å². The highest BCUT2D eigenvalue weighted by atomic mass is 16.5. The molecule has 0 aliphatic heterocycles. The van der Waals surface area contributed by atoms with Crippen molar-refractivity contribution in [1.29, 1.82) is 0 Å². The van der Waals surface area contributed by atoms with Crippen molar-refractivity contribution in [3.63, 3.8) is 0 Å². The molecule has 2 aromatic rings. The van der Waals surface area contributed by atoms with Crippen LogP contribution in [0.4, 0.5) is 0 Å². The van der Waals surface area contributed by atoms with Crippen LogP contribution in [0.15, 0.2) is 18.2 Å². The van der Waals surface area contributed by atoms with Gasteiger partial charge in [-0.25, -0.2) is 0 Å². The summed E-state index contributed by atoms with van der Waals surface area (Å²) in [5.74, 6) is -0.148. The van der Waals surface area contributed by atoms with Gasteiger partial charge in [-0.05, 0) is 44.4 Å². The summed E-state index contributed by atoms with van der Waals surface area (Å²) in [6.45, 7) is 7.49. The van der Waals surface area contributed by atoms with Crippen molar-refractivity contribution in [3.05, 3.63) is 40.6 Å². The average Bonchev–Trinajstić information content (AvgIpc) is 2.84. The van der Waals surface area contributed by atoms with E-state index in [0.29, 0.717) is 18.8 Å². The zero-order valence-corrected chi connectivity index (χ0v) is 14.6. The Morgan fingerprint density at radius 2 is 1.87 bits per heavy atom. The van der Waals surface area contributed by atoms with Crippen LogP contribution in [0.1, 0.15) is 33.6 Å². The zero-order chi connectivity index (χ0) is 17.0. The molecule has 1 N–H and O–H groups in total. The summed E-state index contributed by atoms with van der Waals surface area (Å²) in [6.07, 6.45) is 0.790. The first-order valence-electron chi connectivity index (χ1n) is 7.83. The zero-order valence-electron chi connectivity index (χ0n) is 14.6. The number of hydrogen-bond donors (Lipinski definition) is 1. The van der Waals surface area contributed by atoms with Crippen LogP contribution in [-0.4, -0.2) is 35.9 Å². The third kappa shape index (κ3) is 3.99. The Kier molecular flexibility index (Phi) is 5.55. The van der Waals surface area contributed by atoms with Gasteiger partial charge < -0.3 is 10.1 Å². The second-order valence-electron chi connectivity index (χ2n) is 5.91. The van der Waals surface area contributed by atoms with E-state index in [1.165, 1.54) is 16.7 Å². The van der Waals surface area contributed by atoms with Crippen LogP contribution >= 0.6 is 0 Å². The molecule has 23 heavy (non-hydrogen) atoms. The van der Waals surface area contributed by atoms with Crippen molar-refractivity contribution in [2.45, 2.75) is 27.2 Å². The molecule has 0 spiro atoms. The van der Waals surface area contributed by atoms with Gasteiger partial charge in [-0.15, -0.1) is 0 Å². The SMILES string of the molecule is COCCCNC(=O)c1cc(-c2c(C)cc(C)cc2C)n(C)n1. The number of carbonyl (C=O) groups is 1. The summed E-state index contributed by atoms with van der Waals surface area (Å²) >= 11 is 0. The molecule has 0 unspecified atom stereocenters. The van der Waals surface area contributed by atoms with Crippen LogP contribution in [0.3, 0.4) is 0 Å². The normalized spacial score (nSPS) is 10.8. The Morgan fingerprint density at radius 3 is 2.48 bits per heavy atom. The van der Waals surface area contributed by atoms with E-state index in [1.807, 2.05) is 13.1 Å². The van der Waals surface area contributed by atoms with Crippen molar-refractivity contribution in [1.82, 2.24) is 15.1 Å². The van der Waals surface area contributed by atoms with Gasteiger partial charge in [-0.3, -0.25) is 9.48 Å². The van der Waals surface area contributed by atoms with Gasteiger partial charge >= 0.3 is 0 Å². The quantitative estimate of drug-likeness (QED) is 0.834. The molecule has 0 atom stereocenters. The topological polar surface area (TPSA) is 56.1 Å². The number of amides is 1. The molecule has 0 radical (unpaired) electrons. The lowest BCUT2D eigenvalue weighted by Crippen LogP contribution is -2.25. The third-order valence-electron chi connectivity index (χ3n) is 3.86. The van der Waals surface area contributed by atoms with Gasteiger partial charge in [0.2, 0.25) is 0 Å². The van der Waals surface area contributed by atoms with E-state index < -0.39 is 0 Å². The van der Waals surface area contributed by atoms with E-state index in [4.69, 9.17) is 4.74 Å². The van der Waals surface area contributed by atoms with Crippen LogP contribution in [0.5, 0.6) is 0 Å². The van der Waals surface area contributed by atoms with Crippen molar-refractivity contribution in [2.24, 2.45) is 7.05 Å². The molecule has 5 nitrogen and oxygen atoms in total. The maximum Gasteiger partial charge on any atom is 0.271 e. The van der Waals surface area contributed by atoms with Crippen molar-refractivity contribution < 1.29 is 9.53 Å². The molecule has 5 heteroatoms.